The molecule has 1 N–H and O–H groups in total. The fourth-order valence-electron chi connectivity index (χ4n) is 3.95. The maximum atomic E-state index is 12.7. The number of nitrogens with one attached hydrogen (secondary N) is 1. The van der Waals surface area contributed by atoms with Gasteiger partial charge in [-0.25, -0.2) is 0 Å². The second kappa shape index (κ2) is 10.3. The number of thioether (sulfide) groups is 1. The lowest BCUT2D eigenvalue weighted by molar-refractivity contribution is -0.119. The van der Waals surface area contributed by atoms with Crippen molar-refractivity contribution in [2.45, 2.75) is 43.3 Å². The Kier molecular flexibility index (Phi) is 7.21. The summed E-state index contributed by atoms with van der Waals surface area (Å²) in [6.07, 6.45) is 3.29. The number of rotatable bonds is 8. The van der Waals surface area contributed by atoms with E-state index in [1.807, 2.05) is 54.0 Å². The van der Waals surface area contributed by atoms with Crippen molar-refractivity contribution >= 4 is 29.3 Å². The summed E-state index contributed by atoms with van der Waals surface area (Å²) in [5, 5.41) is 22.3. The quantitative estimate of drug-likeness (QED) is 0.453. The fraction of sp³-hybridized carbons (Fsp3) is 0.333. The SMILES string of the molecule is CCOc1ccc(-n2c(SCC(=O)NC3(C#N)CCCC3)nnc2-c2ccccc2Cl)cc1. The summed E-state index contributed by atoms with van der Waals surface area (Å²) in [6.45, 7) is 2.52. The number of carbonyl (C=O) groups is 1. The molecule has 3 aromatic rings. The molecule has 2 aromatic carbocycles. The normalized spacial score (nSPS) is 14.6. The molecular formula is C24H24ClN5O2S. The van der Waals surface area contributed by atoms with Crippen LogP contribution in [0, 0.1) is 11.3 Å². The van der Waals surface area contributed by atoms with Gasteiger partial charge in [-0.2, -0.15) is 5.26 Å². The third-order valence-electron chi connectivity index (χ3n) is 5.54. The highest BCUT2D eigenvalue weighted by molar-refractivity contribution is 7.99. The number of ether oxygens (including phenoxy) is 1. The van der Waals surface area contributed by atoms with Gasteiger partial charge in [0.1, 0.15) is 11.3 Å². The number of carbonyl (C=O) groups excluding carboxylic acids is 1. The molecule has 0 bridgehead atoms. The molecule has 1 aromatic heterocycles. The van der Waals surface area contributed by atoms with Gasteiger partial charge in [0.15, 0.2) is 11.0 Å². The summed E-state index contributed by atoms with van der Waals surface area (Å²) < 4.78 is 7.44. The number of nitriles is 1. The molecule has 0 saturated heterocycles. The van der Waals surface area contributed by atoms with Crippen molar-refractivity contribution < 1.29 is 9.53 Å². The van der Waals surface area contributed by atoms with E-state index in [4.69, 9.17) is 16.3 Å². The summed E-state index contributed by atoms with van der Waals surface area (Å²) in [6, 6.07) is 17.3. The first-order valence-electron chi connectivity index (χ1n) is 10.8. The van der Waals surface area contributed by atoms with Crippen LogP contribution in [-0.4, -0.2) is 38.6 Å². The molecule has 0 spiro atoms. The van der Waals surface area contributed by atoms with Crippen LogP contribution in [-0.2, 0) is 4.79 Å². The molecule has 7 nitrogen and oxygen atoms in total. The zero-order valence-electron chi connectivity index (χ0n) is 18.3. The van der Waals surface area contributed by atoms with Crippen LogP contribution in [0.3, 0.4) is 0 Å². The number of benzene rings is 2. The third-order valence-corrected chi connectivity index (χ3v) is 6.79. The van der Waals surface area contributed by atoms with Gasteiger partial charge < -0.3 is 10.1 Å². The third kappa shape index (κ3) is 5.15. The van der Waals surface area contributed by atoms with E-state index in [2.05, 4.69) is 21.6 Å². The number of nitrogens with zero attached hydrogens (tertiary/aromatic N) is 4. The Bertz CT molecular complexity index is 1170. The van der Waals surface area contributed by atoms with Crippen LogP contribution in [0.4, 0.5) is 0 Å². The van der Waals surface area contributed by atoms with Crippen LogP contribution in [0.15, 0.2) is 53.7 Å². The van der Waals surface area contributed by atoms with Crippen molar-refractivity contribution in [3.63, 3.8) is 0 Å². The topological polar surface area (TPSA) is 92.8 Å². The second-order valence-electron chi connectivity index (χ2n) is 7.79. The van der Waals surface area contributed by atoms with Crippen LogP contribution in [0.1, 0.15) is 32.6 Å². The first-order chi connectivity index (χ1) is 16.0. The molecule has 0 atom stereocenters. The van der Waals surface area contributed by atoms with E-state index in [1.54, 1.807) is 6.07 Å². The zero-order valence-corrected chi connectivity index (χ0v) is 19.8. The van der Waals surface area contributed by atoms with Crippen molar-refractivity contribution in [3.8, 4) is 28.9 Å². The van der Waals surface area contributed by atoms with Gasteiger partial charge in [-0.3, -0.25) is 9.36 Å². The fourth-order valence-corrected chi connectivity index (χ4v) is 4.92. The van der Waals surface area contributed by atoms with E-state index in [0.717, 1.165) is 29.8 Å². The number of halogens is 1. The molecule has 9 heteroatoms. The Balaban J connectivity index is 1.62. The van der Waals surface area contributed by atoms with Crippen LogP contribution >= 0.6 is 23.4 Å². The molecule has 1 amide bonds. The van der Waals surface area contributed by atoms with Crippen LogP contribution in [0.5, 0.6) is 5.75 Å². The highest BCUT2D eigenvalue weighted by Crippen LogP contribution is 2.33. The van der Waals surface area contributed by atoms with E-state index in [1.165, 1.54) is 11.8 Å². The molecule has 0 radical (unpaired) electrons. The molecule has 170 valence electrons. The van der Waals surface area contributed by atoms with Gasteiger partial charge in [0.2, 0.25) is 5.91 Å². The van der Waals surface area contributed by atoms with Gasteiger partial charge in [-0.15, -0.1) is 10.2 Å². The largest absolute Gasteiger partial charge is 0.494 e. The van der Waals surface area contributed by atoms with Crippen LogP contribution in [0.2, 0.25) is 5.02 Å². The number of aromatic nitrogens is 3. The second-order valence-corrected chi connectivity index (χ2v) is 9.14. The van der Waals surface area contributed by atoms with Crippen LogP contribution in [0.25, 0.3) is 17.1 Å². The van der Waals surface area contributed by atoms with Crippen molar-refractivity contribution in [2.24, 2.45) is 0 Å². The molecule has 1 heterocycles. The van der Waals surface area contributed by atoms with Gasteiger partial charge >= 0.3 is 0 Å². The standard InChI is InChI=1S/C24H24ClN5O2S/c1-2-32-18-11-9-17(10-12-18)30-22(19-7-3-4-8-20(19)25)28-29-23(30)33-15-21(31)27-24(16-26)13-5-6-14-24/h3-4,7-12H,2,5-6,13-15H2,1H3,(H,27,31). The minimum Gasteiger partial charge on any atom is -0.494 e. The number of hydrogen-bond donors (Lipinski definition) is 1. The van der Waals surface area contributed by atoms with E-state index in [0.29, 0.717) is 35.5 Å². The van der Waals surface area contributed by atoms with Crippen molar-refractivity contribution in [1.29, 1.82) is 5.26 Å². The Hall–Kier alpha value is -3.02. The van der Waals surface area contributed by atoms with E-state index in [-0.39, 0.29) is 11.7 Å². The summed E-state index contributed by atoms with van der Waals surface area (Å²) in [7, 11) is 0. The Morgan fingerprint density at radius 1 is 1.21 bits per heavy atom. The highest BCUT2D eigenvalue weighted by Gasteiger charge is 2.35. The van der Waals surface area contributed by atoms with Crippen molar-refractivity contribution in [3.05, 3.63) is 53.6 Å². The van der Waals surface area contributed by atoms with Gasteiger partial charge in [0, 0.05) is 11.3 Å². The Labute approximate surface area is 202 Å². The lowest BCUT2D eigenvalue weighted by Gasteiger charge is -2.21. The van der Waals surface area contributed by atoms with Crippen LogP contribution < -0.4 is 10.1 Å². The van der Waals surface area contributed by atoms with Crippen molar-refractivity contribution in [2.75, 3.05) is 12.4 Å². The summed E-state index contributed by atoms with van der Waals surface area (Å²) in [5.41, 5.74) is 0.820. The molecule has 0 aliphatic heterocycles. The van der Waals surface area contributed by atoms with Gasteiger partial charge in [-0.05, 0) is 69.0 Å². The predicted molar refractivity (Wildman–Crippen MR) is 129 cm³/mol. The van der Waals surface area contributed by atoms with Crippen molar-refractivity contribution in [1.82, 2.24) is 20.1 Å². The lowest BCUT2D eigenvalue weighted by atomic mass is 10.0. The van der Waals surface area contributed by atoms with Gasteiger partial charge in [0.05, 0.1) is 23.5 Å². The molecule has 4 rings (SSSR count). The minimum absolute atomic E-state index is 0.126. The molecule has 1 fully saturated rings. The summed E-state index contributed by atoms with van der Waals surface area (Å²) in [4.78, 5) is 12.7. The molecule has 1 aliphatic rings. The number of hydrogen-bond acceptors (Lipinski definition) is 6. The average Bonchev–Trinajstić information content (AvgIpc) is 3.46. The van der Waals surface area contributed by atoms with Gasteiger partial charge in [-0.1, -0.05) is 35.5 Å². The average molecular weight is 482 g/mol. The first kappa shape index (κ1) is 23.1. The monoisotopic (exact) mass is 481 g/mol. The smallest absolute Gasteiger partial charge is 0.231 e. The maximum absolute atomic E-state index is 12.7. The van der Waals surface area contributed by atoms with E-state index < -0.39 is 5.54 Å². The number of amides is 1. The molecule has 33 heavy (non-hydrogen) atoms. The first-order valence-corrected chi connectivity index (χ1v) is 12.2. The zero-order chi connectivity index (χ0) is 23.3. The Morgan fingerprint density at radius 3 is 2.61 bits per heavy atom. The van der Waals surface area contributed by atoms with E-state index in [9.17, 15) is 10.1 Å². The lowest BCUT2D eigenvalue weighted by Crippen LogP contribution is -2.45. The minimum atomic E-state index is -0.747. The molecular weight excluding hydrogens is 458 g/mol. The van der Waals surface area contributed by atoms with E-state index >= 15 is 0 Å². The van der Waals surface area contributed by atoms with Gasteiger partial charge in [0.25, 0.3) is 0 Å². The molecule has 1 aliphatic carbocycles. The molecule has 0 unspecified atom stereocenters. The molecule has 1 saturated carbocycles. The highest BCUT2D eigenvalue weighted by atomic mass is 35.5. The Morgan fingerprint density at radius 2 is 1.94 bits per heavy atom. The summed E-state index contributed by atoms with van der Waals surface area (Å²) in [5.74, 6) is 1.28. The summed E-state index contributed by atoms with van der Waals surface area (Å²) >= 11 is 7.72. The maximum Gasteiger partial charge on any atom is 0.231 e. The predicted octanol–water partition coefficient (Wildman–Crippen LogP) is 5.03.